The van der Waals surface area contributed by atoms with Crippen molar-refractivity contribution in [2.45, 2.75) is 0 Å². The van der Waals surface area contributed by atoms with E-state index in [1.807, 2.05) is 0 Å². The predicted octanol–water partition coefficient (Wildman–Crippen LogP) is 0.861. The van der Waals surface area contributed by atoms with E-state index in [0.29, 0.717) is 11.3 Å². The number of hydrogen-bond acceptors (Lipinski definition) is 4. The number of carbonyl (C=O) groups is 1. The van der Waals surface area contributed by atoms with Crippen molar-refractivity contribution in [1.29, 1.82) is 0 Å². The summed E-state index contributed by atoms with van der Waals surface area (Å²) in [6.45, 7) is 3.74. The number of amides is 1. The molecule has 23 heavy (non-hydrogen) atoms. The lowest BCUT2D eigenvalue weighted by atomic mass is 10.1. The number of ether oxygens (including phenoxy) is 1. The van der Waals surface area contributed by atoms with Crippen LogP contribution in [0.25, 0.3) is 0 Å². The van der Waals surface area contributed by atoms with Crippen molar-refractivity contribution in [1.82, 2.24) is 9.62 Å². The van der Waals surface area contributed by atoms with Gasteiger partial charge >= 0.3 is 10.2 Å². The van der Waals surface area contributed by atoms with E-state index in [-0.39, 0.29) is 18.0 Å². The summed E-state index contributed by atoms with van der Waals surface area (Å²) in [5, 5.41) is 2.55. The van der Waals surface area contributed by atoms with Gasteiger partial charge < -0.3 is 10.1 Å². The van der Waals surface area contributed by atoms with Gasteiger partial charge in [0.2, 0.25) is 0 Å². The Bertz CT molecular complexity index is 779. The molecule has 0 fully saturated rings. The van der Waals surface area contributed by atoms with Crippen LogP contribution in [0.1, 0.15) is 5.56 Å². The van der Waals surface area contributed by atoms with Crippen LogP contribution in [0.4, 0.5) is 0 Å². The summed E-state index contributed by atoms with van der Waals surface area (Å²) in [6, 6.07) is 6.73. The van der Waals surface area contributed by atoms with Crippen molar-refractivity contribution in [3.8, 4) is 5.75 Å². The molecular formula is C15H17N3O4S. The Morgan fingerprint density at radius 3 is 2.61 bits per heavy atom. The van der Waals surface area contributed by atoms with Gasteiger partial charge in [-0.1, -0.05) is 6.08 Å². The zero-order valence-corrected chi connectivity index (χ0v) is 13.6. The standard InChI is InChI=1S/C15H17N3O4S/c1-4-9-16-15(19)14-10-13(17-23(20,21)18(14)2)11-5-7-12(22-3)8-6-11/h4-8,10H,1,9H2,2-3H3,(H,16,19). The second kappa shape index (κ2) is 6.66. The van der Waals surface area contributed by atoms with E-state index in [1.54, 1.807) is 24.3 Å². The summed E-state index contributed by atoms with van der Waals surface area (Å²) < 4.78 is 33.9. The van der Waals surface area contributed by atoms with Crippen molar-refractivity contribution in [2.75, 3.05) is 20.7 Å². The van der Waals surface area contributed by atoms with E-state index in [0.717, 1.165) is 4.31 Å². The highest BCUT2D eigenvalue weighted by atomic mass is 32.2. The van der Waals surface area contributed by atoms with Gasteiger partial charge in [0.25, 0.3) is 5.91 Å². The van der Waals surface area contributed by atoms with E-state index < -0.39 is 16.1 Å². The maximum Gasteiger partial charge on any atom is 0.345 e. The molecule has 1 aromatic rings. The number of carbonyl (C=O) groups excluding carboxylic acids is 1. The van der Waals surface area contributed by atoms with Crippen molar-refractivity contribution in [2.24, 2.45) is 4.40 Å². The monoisotopic (exact) mass is 335 g/mol. The quantitative estimate of drug-likeness (QED) is 0.809. The molecule has 0 spiro atoms. The molecule has 7 nitrogen and oxygen atoms in total. The van der Waals surface area contributed by atoms with Crippen LogP contribution in [-0.2, 0) is 15.0 Å². The number of benzene rings is 1. The first-order chi connectivity index (χ1) is 10.9. The highest BCUT2D eigenvalue weighted by Crippen LogP contribution is 2.21. The predicted molar refractivity (Wildman–Crippen MR) is 87.5 cm³/mol. The third kappa shape index (κ3) is 3.59. The van der Waals surface area contributed by atoms with Gasteiger partial charge in [0.05, 0.1) is 12.8 Å². The van der Waals surface area contributed by atoms with Crippen LogP contribution in [0.2, 0.25) is 0 Å². The lowest BCUT2D eigenvalue weighted by Gasteiger charge is -2.23. The van der Waals surface area contributed by atoms with Gasteiger partial charge in [-0.05, 0) is 30.3 Å². The van der Waals surface area contributed by atoms with E-state index in [2.05, 4.69) is 16.3 Å². The molecule has 1 heterocycles. The average molecular weight is 335 g/mol. The largest absolute Gasteiger partial charge is 0.497 e. The maximum atomic E-state index is 12.1. The van der Waals surface area contributed by atoms with Gasteiger partial charge in [0.15, 0.2) is 0 Å². The van der Waals surface area contributed by atoms with Crippen molar-refractivity contribution in [3.05, 3.63) is 54.3 Å². The lowest BCUT2D eigenvalue weighted by Crippen LogP contribution is -2.38. The van der Waals surface area contributed by atoms with Crippen LogP contribution in [-0.4, -0.2) is 45.0 Å². The zero-order chi connectivity index (χ0) is 17.0. The third-order valence-corrected chi connectivity index (χ3v) is 4.51. The Balaban J connectivity index is 2.43. The number of methoxy groups -OCH3 is 1. The molecule has 1 N–H and O–H groups in total. The molecule has 122 valence electrons. The molecule has 0 aliphatic carbocycles. The molecule has 1 aromatic carbocycles. The van der Waals surface area contributed by atoms with E-state index in [4.69, 9.17) is 4.74 Å². The van der Waals surface area contributed by atoms with Crippen LogP contribution in [0, 0.1) is 0 Å². The molecular weight excluding hydrogens is 318 g/mol. The Hall–Kier alpha value is -2.61. The Labute approximate surface area is 135 Å². The summed E-state index contributed by atoms with van der Waals surface area (Å²) >= 11 is 0. The Morgan fingerprint density at radius 2 is 2.04 bits per heavy atom. The number of nitrogens with one attached hydrogen (secondary N) is 1. The second-order valence-electron chi connectivity index (χ2n) is 4.68. The molecule has 0 saturated heterocycles. The van der Waals surface area contributed by atoms with E-state index in [1.165, 1.54) is 26.3 Å². The van der Waals surface area contributed by atoms with E-state index in [9.17, 15) is 13.2 Å². The minimum atomic E-state index is -3.96. The van der Waals surface area contributed by atoms with Gasteiger partial charge in [-0.25, -0.2) is 4.31 Å². The summed E-state index contributed by atoms with van der Waals surface area (Å²) in [7, 11) is -1.14. The van der Waals surface area contributed by atoms with Crippen molar-refractivity contribution < 1.29 is 17.9 Å². The number of likely N-dealkylation sites (N-methyl/N-ethyl adjacent to an activating group) is 1. The second-order valence-corrected chi connectivity index (χ2v) is 6.30. The highest BCUT2D eigenvalue weighted by Gasteiger charge is 2.29. The molecule has 0 bridgehead atoms. The van der Waals surface area contributed by atoms with Gasteiger partial charge in [-0.2, -0.15) is 8.42 Å². The first-order valence-electron chi connectivity index (χ1n) is 6.73. The summed E-state index contributed by atoms with van der Waals surface area (Å²) in [5.74, 6) is 0.120. The van der Waals surface area contributed by atoms with Crippen molar-refractivity contribution >= 4 is 21.8 Å². The minimum Gasteiger partial charge on any atom is -0.497 e. The molecule has 0 saturated carbocycles. The lowest BCUT2D eigenvalue weighted by molar-refractivity contribution is -0.118. The maximum absolute atomic E-state index is 12.1. The SMILES string of the molecule is C=CCNC(=O)C1=CC(c2ccc(OC)cc2)=NS(=O)(=O)N1C. The number of hydrogen-bond donors (Lipinski definition) is 1. The fourth-order valence-electron chi connectivity index (χ4n) is 1.92. The molecule has 0 radical (unpaired) electrons. The highest BCUT2D eigenvalue weighted by molar-refractivity contribution is 7.88. The molecule has 8 heteroatoms. The third-order valence-electron chi connectivity index (χ3n) is 3.20. The van der Waals surface area contributed by atoms with Gasteiger partial charge in [-0.15, -0.1) is 11.0 Å². The summed E-state index contributed by atoms with van der Waals surface area (Å²) in [6.07, 6.45) is 2.94. The van der Waals surface area contributed by atoms with Crippen LogP contribution >= 0.6 is 0 Å². The minimum absolute atomic E-state index is 0.00679. The molecule has 1 amide bonds. The molecule has 2 rings (SSSR count). The Kier molecular flexibility index (Phi) is 4.85. The number of allylic oxidation sites excluding steroid dienone is 1. The molecule has 0 unspecified atom stereocenters. The molecule has 0 aromatic heterocycles. The molecule has 0 atom stereocenters. The Morgan fingerprint density at radius 1 is 1.39 bits per heavy atom. The summed E-state index contributed by atoms with van der Waals surface area (Å²) in [5.41, 5.74) is 0.749. The van der Waals surface area contributed by atoms with Crippen LogP contribution in [0.3, 0.4) is 0 Å². The van der Waals surface area contributed by atoms with E-state index >= 15 is 0 Å². The van der Waals surface area contributed by atoms with Crippen LogP contribution < -0.4 is 10.1 Å². The van der Waals surface area contributed by atoms with Gasteiger partial charge in [-0.3, -0.25) is 4.79 Å². The molecule has 1 aliphatic heterocycles. The van der Waals surface area contributed by atoms with Crippen LogP contribution in [0.15, 0.2) is 53.1 Å². The normalized spacial score (nSPS) is 16.2. The molecule has 1 aliphatic rings. The first-order valence-corrected chi connectivity index (χ1v) is 8.13. The van der Waals surface area contributed by atoms with Crippen molar-refractivity contribution in [3.63, 3.8) is 0 Å². The van der Waals surface area contributed by atoms with Crippen LogP contribution in [0.5, 0.6) is 5.75 Å². The topological polar surface area (TPSA) is 88.1 Å². The van der Waals surface area contributed by atoms with Gasteiger partial charge in [0, 0.05) is 19.2 Å². The fourth-order valence-corrected chi connectivity index (χ4v) is 2.83. The summed E-state index contributed by atoms with van der Waals surface area (Å²) in [4.78, 5) is 12.1. The first kappa shape index (κ1) is 16.8. The average Bonchev–Trinajstić information content (AvgIpc) is 2.55. The number of rotatable bonds is 5. The number of nitrogens with zero attached hydrogens (tertiary/aromatic N) is 2. The fraction of sp³-hybridized carbons (Fsp3) is 0.200. The zero-order valence-electron chi connectivity index (χ0n) is 12.8. The smallest absolute Gasteiger partial charge is 0.345 e. The van der Waals surface area contributed by atoms with Gasteiger partial charge in [0.1, 0.15) is 11.4 Å².